The predicted molar refractivity (Wildman–Crippen MR) is 231 cm³/mol. The van der Waals surface area contributed by atoms with E-state index in [4.69, 9.17) is 23.8 Å². The van der Waals surface area contributed by atoms with Gasteiger partial charge in [-0.05, 0) is 39.2 Å². The number of nitrogens with one attached hydrogen (secondary N) is 1. The lowest BCUT2D eigenvalue weighted by Crippen LogP contribution is -2.46. The van der Waals surface area contributed by atoms with Crippen molar-refractivity contribution in [3.8, 4) is 23.0 Å². The van der Waals surface area contributed by atoms with Crippen molar-refractivity contribution >= 4 is 40.3 Å². The first-order valence-electron chi connectivity index (χ1n) is 21.0. The van der Waals surface area contributed by atoms with E-state index in [1.54, 1.807) is 39.8 Å². The molecule has 0 radical (unpaired) electrons. The fourth-order valence-corrected chi connectivity index (χ4v) is 8.05. The van der Waals surface area contributed by atoms with E-state index >= 15 is 0 Å². The van der Waals surface area contributed by atoms with Gasteiger partial charge in [0.15, 0.2) is 5.75 Å². The van der Waals surface area contributed by atoms with Gasteiger partial charge in [-0.1, -0.05) is 77.8 Å². The van der Waals surface area contributed by atoms with Gasteiger partial charge in [0.2, 0.25) is 0 Å². The number of amides is 1. The number of allylic oxidation sites excluding steroid dienone is 2. The molecule has 5 rings (SSSR count). The monoisotopic (exact) mass is 852 g/mol. The van der Waals surface area contributed by atoms with Gasteiger partial charge in [0.05, 0.1) is 53.0 Å². The molecule has 3 aliphatic rings. The number of nitrogens with zero attached hydrogens (tertiary/aromatic N) is 1. The number of oxime groups is 1. The maximum absolute atomic E-state index is 14.5. The number of aromatic hydroxyl groups is 3. The van der Waals surface area contributed by atoms with Crippen LogP contribution in [0.25, 0.3) is 10.8 Å². The van der Waals surface area contributed by atoms with Crippen molar-refractivity contribution in [2.24, 2.45) is 28.8 Å². The van der Waals surface area contributed by atoms with E-state index in [9.17, 15) is 39.9 Å². The van der Waals surface area contributed by atoms with E-state index in [2.05, 4.69) is 17.4 Å². The molecule has 10 atom stereocenters. The molecule has 336 valence electrons. The summed E-state index contributed by atoms with van der Waals surface area (Å²) >= 11 is 0. The van der Waals surface area contributed by atoms with Crippen LogP contribution < -0.4 is 10.1 Å². The molecule has 0 saturated heterocycles. The number of hydrogen-bond donors (Lipinski definition) is 6. The van der Waals surface area contributed by atoms with Crippen LogP contribution in [0.15, 0.2) is 41.3 Å². The maximum Gasteiger partial charge on any atom is 0.312 e. The summed E-state index contributed by atoms with van der Waals surface area (Å²) in [6.45, 7) is 16.6. The molecular formula is C46H64N2O13. The highest BCUT2D eigenvalue weighted by Crippen LogP contribution is 2.55. The van der Waals surface area contributed by atoms with Gasteiger partial charge in [0, 0.05) is 61.2 Å². The van der Waals surface area contributed by atoms with Crippen LogP contribution in [0.1, 0.15) is 116 Å². The summed E-state index contributed by atoms with van der Waals surface area (Å²) in [6.07, 6.45) is 8.48. The average molecular weight is 853 g/mol. The molecule has 5 bridgehead atoms. The standard InChI is InChI=1S/C46H64N2O13/c1-12-14-19-30(16-13-2)61-47-22-31-36-41(54)34-33(40(31)53)35-43(28(8)39(34)52)60-46(10,44(35)55)58-21-20-32(57-11)25(5)42(59-29(9)49)27(7)38(51)26(6)37(50)23(3)17-15-18-24(4)45(56)48-36/h15,17-18,20-23,25-27,30,32,37-38,42,50-54H,12-14,16,19H2,1-11H3,(H,48,56)/b17-15+,21-20+,24-18-,47-22+/t23-,25-,26-,27-,30?,32+,37+,38-,42-,46+/m1/s1. The zero-order chi connectivity index (χ0) is 45.5. The van der Waals surface area contributed by atoms with Crippen molar-refractivity contribution < 1.29 is 63.7 Å². The molecule has 3 aliphatic heterocycles. The second kappa shape index (κ2) is 20.6. The Bertz CT molecular complexity index is 2060. The van der Waals surface area contributed by atoms with E-state index in [0.717, 1.165) is 31.9 Å². The Balaban J connectivity index is 1.97. The van der Waals surface area contributed by atoms with Gasteiger partial charge in [-0.15, -0.1) is 0 Å². The third-order valence-electron chi connectivity index (χ3n) is 11.9. The summed E-state index contributed by atoms with van der Waals surface area (Å²) in [5.74, 6) is -8.56. The first kappa shape index (κ1) is 48.5. The molecule has 15 heteroatoms. The quantitative estimate of drug-likeness (QED) is 0.0450. The average Bonchev–Trinajstić information content (AvgIpc) is 3.49. The Morgan fingerprint density at radius 2 is 1.64 bits per heavy atom. The number of phenolic OH excluding ortho intramolecular Hbond substituents is 3. The highest BCUT2D eigenvalue weighted by Gasteiger charge is 2.50. The van der Waals surface area contributed by atoms with Crippen molar-refractivity contribution in [3.63, 3.8) is 0 Å². The highest BCUT2D eigenvalue weighted by atomic mass is 16.7. The SMILES string of the molecule is CCCCC(CCC)O/N=C/c1c2c(O)c3c(O)c(C)c4c(c3c1O)C(=O)[C@@](C)(O/C=C/[C@H](OC)[C@@H](C)[C@@H](OC(C)=O)[C@H](C)[C@H](O)[C@H](C)[C@@H](O)[C@H](C)/C=C/C=C(/C)C(=O)N2)O4. The summed E-state index contributed by atoms with van der Waals surface area (Å²) in [5.41, 5.74) is -0.541. The number of ether oxygens (including phenoxy) is 4. The number of methoxy groups -OCH3 is 1. The van der Waals surface area contributed by atoms with Crippen LogP contribution in [-0.4, -0.2) is 92.8 Å². The van der Waals surface area contributed by atoms with Gasteiger partial charge < -0.3 is 54.6 Å². The Morgan fingerprint density at radius 1 is 0.951 bits per heavy atom. The normalized spacial score (nSPS) is 30.0. The molecule has 1 amide bonds. The molecule has 0 aromatic heterocycles. The van der Waals surface area contributed by atoms with Gasteiger partial charge in [0.1, 0.15) is 29.5 Å². The molecule has 6 N–H and O–H groups in total. The van der Waals surface area contributed by atoms with E-state index in [-0.39, 0.29) is 50.6 Å². The summed E-state index contributed by atoms with van der Waals surface area (Å²) in [6, 6.07) is 0. The topological polar surface area (TPSA) is 223 Å². The number of fused-ring (bicyclic) bond motifs is 14. The van der Waals surface area contributed by atoms with Crippen LogP contribution in [-0.2, 0) is 28.6 Å². The third kappa shape index (κ3) is 10.3. The fourth-order valence-electron chi connectivity index (χ4n) is 8.05. The fraction of sp³-hybridized carbons (Fsp3) is 0.565. The summed E-state index contributed by atoms with van der Waals surface area (Å²) in [5, 5.41) is 64.7. The number of aliphatic hydroxyl groups is 2. The summed E-state index contributed by atoms with van der Waals surface area (Å²) in [4.78, 5) is 46.4. The van der Waals surface area contributed by atoms with Crippen LogP contribution in [0.5, 0.6) is 23.0 Å². The minimum Gasteiger partial charge on any atom is -0.507 e. The number of rotatable bonds is 10. The van der Waals surface area contributed by atoms with Crippen LogP contribution >= 0.6 is 0 Å². The number of carbonyl (C=O) groups is 3. The largest absolute Gasteiger partial charge is 0.507 e. The van der Waals surface area contributed by atoms with Crippen molar-refractivity contribution in [3.05, 3.63) is 52.8 Å². The molecule has 0 aliphatic carbocycles. The van der Waals surface area contributed by atoms with Crippen LogP contribution in [0, 0.1) is 30.6 Å². The molecule has 0 saturated carbocycles. The first-order valence-corrected chi connectivity index (χ1v) is 21.0. The van der Waals surface area contributed by atoms with E-state index in [1.807, 2.05) is 6.92 Å². The van der Waals surface area contributed by atoms with Crippen molar-refractivity contribution in [2.75, 3.05) is 12.4 Å². The second-order valence-electron chi connectivity index (χ2n) is 16.5. The lowest BCUT2D eigenvalue weighted by molar-refractivity contribution is -0.160. The number of carbonyl (C=O) groups excluding carboxylic acids is 3. The number of benzene rings is 2. The number of esters is 1. The molecule has 0 fully saturated rings. The number of phenols is 3. The predicted octanol–water partition coefficient (Wildman–Crippen LogP) is 7.46. The van der Waals surface area contributed by atoms with Gasteiger partial charge in [-0.2, -0.15) is 0 Å². The lowest BCUT2D eigenvalue weighted by atomic mass is 9.78. The molecule has 15 nitrogen and oxygen atoms in total. The maximum atomic E-state index is 14.5. The van der Waals surface area contributed by atoms with Crippen LogP contribution in [0.2, 0.25) is 0 Å². The zero-order valence-corrected chi connectivity index (χ0v) is 37.1. The Kier molecular flexibility index (Phi) is 16.4. The zero-order valence-electron chi connectivity index (χ0n) is 37.1. The molecule has 61 heavy (non-hydrogen) atoms. The molecule has 1 unspecified atom stereocenters. The Labute approximate surface area is 358 Å². The third-order valence-corrected chi connectivity index (χ3v) is 11.9. The van der Waals surface area contributed by atoms with Crippen molar-refractivity contribution in [1.29, 1.82) is 0 Å². The molecule has 2 aromatic rings. The molecular weight excluding hydrogens is 789 g/mol. The number of anilines is 1. The first-order chi connectivity index (χ1) is 28.8. The van der Waals surface area contributed by atoms with Crippen molar-refractivity contribution in [1.82, 2.24) is 0 Å². The number of aliphatic hydroxyl groups excluding tert-OH is 2. The number of Topliss-reactive ketones (excluding diaryl/α,β-unsaturated/α-hetero) is 1. The van der Waals surface area contributed by atoms with Crippen LogP contribution in [0.3, 0.4) is 0 Å². The molecule has 2 aromatic carbocycles. The summed E-state index contributed by atoms with van der Waals surface area (Å²) < 4.78 is 23.6. The summed E-state index contributed by atoms with van der Waals surface area (Å²) in [7, 11) is 1.43. The van der Waals surface area contributed by atoms with Gasteiger partial charge >= 0.3 is 11.8 Å². The minimum atomic E-state index is -2.06. The number of ketones is 1. The Morgan fingerprint density at radius 3 is 2.26 bits per heavy atom. The minimum absolute atomic E-state index is 0.0413. The van der Waals surface area contributed by atoms with E-state index in [0.29, 0.717) is 6.42 Å². The number of unbranched alkanes of at least 4 members (excludes halogenated alkanes) is 1. The Hall–Kier alpha value is -5.12. The highest BCUT2D eigenvalue weighted by molar-refractivity contribution is 6.23. The smallest absolute Gasteiger partial charge is 0.312 e. The second-order valence-corrected chi connectivity index (χ2v) is 16.5. The molecule has 3 heterocycles. The van der Waals surface area contributed by atoms with Crippen molar-refractivity contribution in [2.45, 2.75) is 138 Å². The number of hydrogen-bond acceptors (Lipinski definition) is 14. The molecule has 0 spiro atoms. The van der Waals surface area contributed by atoms with Crippen LogP contribution in [0.4, 0.5) is 5.69 Å². The van der Waals surface area contributed by atoms with Gasteiger partial charge in [-0.25, -0.2) is 0 Å². The van der Waals surface area contributed by atoms with E-state index in [1.165, 1.54) is 53.2 Å². The van der Waals surface area contributed by atoms with Gasteiger partial charge in [0.25, 0.3) is 11.7 Å². The van der Waals surface area contributed by atoms with E-state index < -0.39 is 88.8 Å². The van der Waals surface area contributed by atoms with Gasteiger partial charge in [-0.3, -0.25) is 14.4 Å². The lowest BCUT2D eigenvalue weighted by Gasteiger charge is -2.38.